The molecule has 7 heteroatoms. The molecule has 0 spiro atoms. The zero-order valence-electron chi connectivity index (χ0n) is 15.6. The number of carbonyl (C=O) groups excluding carboxylic acids is 1. The van der Waals surface area contributed by atoms with Crippen LogP contribution in [-0.4, -0.2) is 39.6 Å². The van der Waals surface area contributed by atoms with E-state index in [0.717, 1.165) is 35.3 Å². The van der Waals surface area contributed by atoms with Crippen molar-refractivity contribution in [1.29, 1.82) is 0 Å². The SMILES string of the molecule is COc1ccc(-n2c(C)nnc2SCC(=O)NC2CCCC(C)C2)cc1. The highest BCUT2D eigenvalue weighted by atomic mass is 32.2. The van der Waals surface area contributed by atoms with Crippen molar-refractivity contribution in [2.24, 2.45) is 5.92 Å². The van der Waals surface area contributed by atoms with Crippen molar-refractivity contribution in [2.45, 2.75) is 50.7 Å². The van der Waals surface area contributed by atoms with Crippen molar-refractivity contribution in [3.8, 4) is 11.4 Å². The van der Waals surface area contributed by atoms with Gasteiger partial charge < -0.3 is 10.1 Å². The normalized spacial score (nSPS) is 20.0. The summed E-state index contributed by atoms with van der Waals surface area (Å²) in [7, 11) is 1.64. The van der Waals surface area contributed by atoms with Crippen molar-refractivity contribution < 1.29 is 9.53 Å². The van der Waals surface area contributed by atoms with Crippen LogP contribution in [0.1, 0.15) is 38.4 Å². The fourth-order valence-electron chi connectivity index (χ4n) is 3.43. The van der Waals surface area contributed by atoms with Crippen LogP contribution >= 0.6 is 11.8 Å². The molecule has 1 aliphatic carbocycles. The molecule has 2 aromatic rings. The Morgan fingerprint density at radius 1 is 1.31 bits per heavy atom. The minimum absolute atomic E-state index is 0.0658. The number of carbonyl (C=O) groups is 1. The van der Waals surface area contributed by atoms with Crippen LogP contribution in [0.25, 0.3) is 5.69 Å². The molecule has 1 N–H and O–H groups in total. The molecule has 0 saturated heterocycles. The van der Waals surface area contributed by atoms with Gasteiger partial charge in [-0.2, -0.15) is 0 Å². The summed E-state index contributed by atoms with van der Waals surface area (Å²) in [5.41, 5.74) is 0.956. The van der Waals surface area contributed by atoms with Crippen molar-refractivity contribution in [2.75, 3.05) is 12.9 Å². The van der Waals surface area contributed by atoms with Gasteiger partial charge in [-0.05, 0) is 49.9 Å². The topological polar surface area (TPSA) is 69.0 Å². The van der Waals surface area contributed by atoms with Gasteiger partial charge in [-0.3, -0.25) is 9.36 Å². The lowest BCUT2D eigenvalue weighted by Crippen LogP contribution is -2.38. The number of aromatic nitrogens is 3. The molecule has 1 aromatic carbocycles. The van der Waals surface area contributed by atoms with E-state index in [1.54, 1.807) is 7.11 Å². The molecule has 0 bridgehead atoms. The summed E-state index contributed by atoms with van der Waals surface area (Å²) in [6.07, 6.45) is 4.63. The number of hydrogen-bond donors (Lipinski definition) is 1. The van der Waals surface area contributed by atoms with Crippen molar-refractivity contribution in [3.63, 3.8) is 0 Å². The largest absolute Gasteiger partial charge is 0.497 e. The molecule has 6 nitrogen and oxygen atoms in total. The molecule has 1 amide bonds. The minimum atomic E-state index is 0.0658. The van der Waals surface area contributed by atoms with Crippen molar-refractivity contribution in [1.82, 2.24) is 20.1 Å². The van der Waals surface area contributed by atoms with Gasteiger partial charge in [0.25, 0.3) is 0 Å². The number of ether oxygens (including phenoxy) is 1. The van der Waals surface area contributed by atoms with Crippen LogP contribution < -0.4 is 10.1 Å². The fourth-order valence-corrected chi connectivity index (χ4v) is 4.24. The molecule has 0 radical (unpaired) electrons. The first-order valence-corrected chi connectivity index (χ1v) is 10.0. The van der Waals surface area contributed by atoms with E-state index in [0.29, 0.717) is 17.7 Å². The summed E-state index contributed by atoms with van der Waals surface area (Å²) in [6, 6.07) is 8.04. The monoisotopic (exact) mass is 374 g/mol. The highest BCUT2D eigenvalue weighted by Gasteiger charge is 2.21. The van der Waals surface area contributed by atoms with Gasteiger partial charge in [-0.25, -0.2) is 0 Å². The fraction of sp³-hybridized carbons (Fsp3) is 0.526. The van der Waals surface area contributed by atoms with E-state index in [1.165, 1.54) is 24.6 Å². The number of thioether (sulfide) groups is 1. The Morgan fingerprint density at radius 3 is 2.77 bits per heavy atom. The van der Waals surface area contributed by atoms with Crippen LogP contribution in [0.15, 0.2) is 29.4 Å². The molecule has 1 saturated carbocycles. The van der Waals surface area contributed by atoms with E-state index < -0.39 is 0 Å². The first-order chi connectivity index (χ1) is 12.6. The third-order valence-corrected chi connectivity index (χ3v) is 5.69. The predicted molar refractivity (Wildman–Crippen MR) is 103 cm³/mol. The van der Waals surface area contributed by atoms with Gasteiger partial charge in [-0.15, -0.1) is 10.2 Å². The quantitative estimate of drug-likeness (QED) is 0.785. The van der Waals surface area contributed by atoms with E-state index in [9.17, 15) is 4.79 Å². The smallest absolute Gasteiger partial charge is 0.230 e. The second-order valence-corrected chi connectivity index (χ2v) is 7.83. The molecule has 1 aliphatic rings. The van der Waals surface area contributed by atoms with E-state index in [2.05, 4.69) is 22.4 Å². The second kappa shape index (κ2) is 8.58. The lowest BCUT2D eigenvalue weighted by molar-refractivity contribution is -0.119. The maximum atomic E-state index is 12.3. The average Bonchev–Trinajstić information content (AvgIpc) is 3.00. The molecule has 1 fully saturated rings. The third-order valence-electron chi connectivity index (χ3n) is 4.76. The molecular formula is C19H26N4O2S. The lowest BCUT2D eigenvalue weighted by atomic mass is 9.87. The van der Waals surface area contributed by atoms with Gasteiger partial charge >= 0.3 is 0 Å². The van der Waals surface area contributed by atoms with Crippen LogP contribution in [0, 0.1) is 12.8 Å². The maximum Gasteiger partial charge on any atom is 0.230 e. The number of nitrogens with one attached hydrogen (secondary N) is 1. The van der Waals surface area contributed by atoms with Gasteiger partial charge in [0.05, 0.1) is 12.9 Å². The third kappa shape index (κ3) is 4.58. The zero-order chi connectivity index (χ0) is 18.5. The van der Waals surface area contributed by atoms with Crippen molar-refractivity contribution >= 4 is 17.7 Å². The second-order valence-electron chi connectivity index (χ2n) is 6.89. The highest BCUT2D eigenvalue weighted by molar-refractivity contribution is 7.99. The summed E-state index contributed by atoms with van der Waals surface area (Å²) in [5.74, 6) is 2.70. The molecule has 2 unspecified atom stereocenters. The van der Waals surface area contributed by atoms with Crippen LogP contribution in [0.5, 0.6) is 5.75 Å². The van der Waals surface area contributed by atoms with Gasteiger partial charge in [-0.1, -0.05) is 31.5 Å². The van der Waals surface area contributed by atoms with Crippen LogP contribution in [0.3, 0.4) is 0 Å². The Balaban J connectivity index is 1.62. The summed E-state index contributed by atoms with van der Waals surface area (Å²) in [5, 5.41) is 12.3. The van der Waals surface area contributed by atoms with E-state index in [1.807, 2.05) is 35.8 Å². The molecule has 0 aliphatic heterocycles. The number of methoxy groups -OCH3 is 1. The molecule has 26 heavy (non-hydrogen) atoms. The molecule has 1 heterocycles. The standard InChI is InChI=1S/C19H26N4O2S/c1-13-5-4-6-15(11-13)20-18(24)12-26-19-22-21-14(2)23(19)16-7-9-17(25-3)10-8-16/h7-10,13,15H,4-6,11-12H2,1-3H3,(H,20,24). The average molecular weight is 375 g/mol. The lowest BCUT2D eigenvalue weighted by Gasteiger charge is -2.27. The molecule has 140 valence electrons. The zero-order valence-corrected chi connectivity index (χ0v) is 16.4. The number of aryl methyl sites for hydroxylation is 1. The Bertz CT molecular complexity index is 744. The van der Waals surface area contributed by atoms with Gasteiger partial charge in [0.2, 0.25) is 5.91 Å². The Kier molecular flexibility index (Phi) is 6.19. The molecular weight excluding hydrogens is 348 g/mol. The van der Waals surface area contributed by atoms with Crippen LogP contribution in [0.4, 0.5) is 0 Å². The number of amides is 1. The van der Waals surface area contributed by atoms with Crippen LogP contribution in [-0.2, 0) is 4.79 Å². The number of benzene rings is 1. The number of rotatable bonds is 6. The molecule has 3 rings (SSSR count). The summed E-state index contributed by atoms with van der Waals surface area (Å²) in [6.45, 7) is 4.16. The summed E-state index contributed by atoms with van der Waals surface area (Å²) >= 11 is 1.42. The van der Waals surface area contributed by atoms with Gasteiger partial charge in [0.15, 0.2) is 5.16 Å². The predicted octanol–water partition coefficient (Wildman–Crippen LogP) is 3.37. The Labute approximate surface area is 158 Å². The number of nitrogens with zero attached hydrogens (tertiary/aromatic N) is 3. The summed E-state index contributed by atoms with van der Waals surface area (Å²) < 4.78 is 7.17. The van der Waals surface area contributed by atoms with Crippen molar-refractivity contribution in [3.05, 3.63) is 30.1 Å². The first-order valence-electron chi connectivity index (χ1n) is 9.05. The van der Waals surface area contributed by atoms with E-state index in [-0.39, 0.29) is 5.91 Å². The maximum absolute atomic E-state index is 12.3. The molecule has 1 aromatic heterocycles. The van der Waals surface area contributed by atoms with E-state index >= 15 is 0 Å². The van der Waals surface area contributed by atoms with Gasteiger partial charge in [0, 0.05) is 11.7 Å². The van der Waals surface area contributed by atoms with Gasteiger partial charge in [0.1, 0.15) is 11.6 Å². The Hall–Kier alpha value is -2.02. The first kappa shape index (κ1) is 18.8. The minimum Gasteiger partial charge on any atom is -0.497 e. The number of hydrogen-bond acceptors (Lipinski definition) is 5. The molecule has 2 atom stereocenters. The van der Waals surface area contributed by atoms with E-state index in [4.69, 9.17) is 4.74 Å². The highest BCUT2D eigenvalue weighted by Crippen LogP contribution is 2.25. The Morgan fingerprint density at radius 2 is 2.08 bits per heavy atom. The summed E-state index contributed by atoms with van der Waals surface area (Å²) in [4.78, 5) is 12.3. The van der Waals surface area contributed by atoms with Crippen LogP contribution in [0.2, 0.25) is 0 Å².